The average molecular weight is 440 g/mol. The second kappa shape index (κ2) is 8.52. The minimum Gasteiger partial charge on any atom is -0.505 e. The van der Waals surface area contributed by atoms with Crippen molar-refractivity contribution in [1.82, 2.24) is 9.78 Å². The monoisotopic (exact) mass is 438 g/mol. The first-order valence-corrected chi connectivity index (χ1v) is 8.93. The summed E-state index contributed by atoms with van der Waals surface area (Å²) >= 11 is 17.9. The molecule has 0 amide bonds. The van der Waals surface area contributed by atoms with Crippen LogP contribution in [0.2, 0.25) is 15.1 Å². The number of halogens is 3. The highest BCUT2D eigenvalue weighted by atomic mass is 35.5. The molecule has 10 heteroatoms. The fourth-order valence-corrected chi connectivity index (χ4v) is 2.93. The predicted molar refractivity (Wildman–Crippen MR) is 111 cm³/mol. The lowest BCUT2D eigenvalue weighted by Crippen LogP contribution is -2.22. The van der Waals surface area contributed by atoms with Crippen LogP contribution in [0.25, 0.3) is 5.69 Å². The highest BCUT2D eigenvalue weighted by Crippen LogP contribution is 2.32. The Labute approximate surface area is 174 Å². The number of nitrogens with one attached hydrogen (secondary N) is 1. The number of aromatic nitrogens is 2. The molecule has 2 aromatic carbocycles. The third-order valence-electron chi connectivity index (χ3n) is 3.67. The molecule has 1 heterocycles. The van der Waals surface area contributed by atoms with E-state index in [4.69, 9.17) is 39.5 Å². The molecule has 1 aromatic heterocycles. The van der Waals surface area contributed by atoms with Crippen molar-refractivity contribution in [2.45, 2.75) is 0 Å². The predicted octanol–water partition coefficient (Wildman–Crippen LogP) is 4.35. The number of anilines is 1. The minimum atomic E-state index is -0.511. The fourth-order valence-electron chi connectivity index (χ4n) is 2.25. The molecule has 0 unspecified atom stereocenters. The topological polar surface area (TPSA) is 88.7 Å². The standard InChI is InChI=1S/C18H13Cl3N4O3/c1-28-12-4-2-11(3-5-12)25-18(27)16(21)15(9-23-25)24-22-8-10-6-13(19)17(26)14(20)7-10/h2-9,24,26H,1H3/b22-8-. The lowest BCUT2D eigenvalue weighted by Gasteiger charge is -2.08. The summed E-state index contributed by atoms with van der Waals surface area (Å²) in [5, 5.41) is 17.7. The number of ether oxygens (including phenoxy) is 1. The van der Waals surface area contributed by atoms with Gasteiger partial charge in [-0.15, -0.1) is 0 Å². The summed E-state index contributed by atoms with van der Waals surface area (Å²) in [6, 6.07) is 9.76. The molecule has 0 saturated carbocycles. The van der Waals surface area contributed by atoms with Crippen LogP contribution in [-0.2, 0) is 0 Å². The van der Waals surface area contributed by atoms with Crippen LogP contribution in [0.15, 0.2) is 52.5 Å². The molecule has 0 spiro atoms. The molecule has 3 aromatic rings. The molecule has 3 rings (SSSR count). The summed E-state index contributed by atoms with van der Waals surface area (Å²) in [4.78, 5) is 12.5. The molecular weight excluding hydrogens is 427 g/mol. The van der Waals surface area contributed by atoms with Crippen molar-refractivity contribution >= 4 is 46.7 Å². The number of aromatic hydroxyl groups is 1. The molecule has 0 aliphatic carbocycles. The van der Waals surface area contributed by atoms with E-state index >= 15 is 0 Å². The SMILES string of the molecule is COc1ccc(-n2ncc(N/N=C\c3cc(Cl)c(O)c(Cl)c3)c(Cl)c2=O)cc1. The summed E-state index contributed by atoms with van der Waals surface area (Å²) in [6.45, 7) is 0. The Kier molecular flexibility index (Phi) is 6.08. The second-order valence-corrected chi connectivity index (χ2v) is 6.68. The molecular formula is C18H13Cl3N4O3. The number of methoxy groups -OCH3 is 1. The van der Waals surface area contributed by atoms with Gasteiger partial charge in [-0.2, -0.15) is 14.9 Å². The lowest BCUT2D eigenvalue weighted by atomic mass is 10.2. The highest BCUT2D eigenvalue weighted by molar-refractivity contribution is 6.37. The fraction of sp³-hybridized carbons (Fsp3) is 0.0556. The van der Waals surface area contributed by atoms with Gasteiger partial charge in [-0.25, -0.2) is 0 Å². The van der Waals surface area contributed by atoms with Crippen molar-refractivity contribution < 1.29 is 9.84 Å². The van der Waals surface area contributed by atoms with Crippen molar-refractivity contribution in [3.63, 3.8) is 0 Å². The van der Waals surface area contributed by atoms with Crippen LogP contribution in [0, 0.1) is 0 Å². The van der Waals surface area contributed by atoms with Crippen molar-refractivity contribution in [3.8, 4) is 17.2 Å². The maximum absolute atomic E-state index is 12.5. The van der Waals surface area contributed by atoms with Crippen LogP contribution in [0.5, 0.6) is 11.5 Å². The second-order valence-electron chi connectivity index (χ2n) is 5.49. The van der Waals surface area contributed by atoms with Crippen molar-refractivity contribution in [2.75, 3.05) is 12.5 Å². The molecule has 0 aliphatic heterocycles. The molecule has 0 saturated heterocycles. The van der Waals surface area contributed by atoms with Gasteiger partial charge in [-0.05, 0) is 42.0 Å². The van der Waals surface area contributed by atoms with Crippen molar-refractivity contribution in [2.24, 2.45) is 5.10 Å². The molecule has 7 nitrogen and oxygen atoms in total. The van der Waals surface area contributed by atoms with Crippen LogP contribution in [0.1, 0.15) is 5.56 Å². The average Bonchev–Trinajstić information content (AvgIpc) is 2.69. The lowest BCUT2D eigenvalue weighted by molar-refractivity contribution is 0.414. The molecule has 0 bridgehead atoms. The number of hydrazone groups is 1. The summed E-state index contributed by atoms with van der Waals surface area (Å²) in [6.07, 6.45) is 2.78. The summed E-state index contributed by atoms with van der Waals surface area (Å²) in [5.41, 5.74) is 3.44. The van der Waals surface area contributed by atoms with Gasteiger partial charge < -0.3 is 9.84 Å². The first kappa shape index (κ1) is 20.0. The Balaban J connectivity index is 1.82. The Morgan fingerprint density at radius 1 is 1.18 bits per heavy atom. The number of phenolic OH excluding ortho intramolecular Hbond substituents is 1. The van der Waals surface area contributed by atoms with Crippen LogP contribution in [0.3, 0.4) is 0 Å². The zero-order chi connectivity index (χ0) is 20.3. The van der Waals surface area contributed by atoms with E-state index in [1.165, 1.54) is 24.5 Å². The molecule has 28 heavy (non-hydrogen) atoms. The molecule has 0 atom stereocenters. The number of hydrogen-bond acceptors (Lipinski definition) is 6. The van der Waals surface area contributed by atoms with Gasteiger partial charge >= 0.3 is 0 Å². The minimum absolute atomic E-state index is 0.0789. The maximum atomic E-state index is 12.5. The van der Waals surface area contributed by atoms with Crippen LogP contribution >= 0.6 is 34.8 Å². The van der Waals surface area contributed by atoms with Gasteiger partial charge in [0.15, 0.2) is 5.75 Å². The van der Waals surface area contributed by atoms with Gasteiger partial charge in [-0.3, -0.25) is 10.2 Å². The van der Waals surface area contributed by atoms with Crippen LogP contribution in [0.4, 0.5) is 5.69 Å². The van der Waals surface area contributed by atoms with Crippen LogP contribution in [-0.4, -0.2) is 28.2 Å². The van der Waals surface area contributed by atoms with E-state index < -0.39 is 5.56 Å². The Hall–Kier alpha value is -2.74. The van der Waals surface area contributed by atoms with E-state index in [1.54, 1.807) is 31.4 Å². The van der Waals surface area contributed by atoms with E-state index in [1.807, 2.05) is 0 Å². The normalized spacial score (nSPS) is 11.0. The molecule has 0 fully saturated rings. The van der Waals surface area contributed by atoms with Crippen molar-refractivity contribution in [1.29, 1.82) is 0 Å². The van der Waals surface area contributed by atoms with Gasteiger partial charge in [-0.1, -0.05) is 34.8 Å². The van der Waals surface area contributed by atoms with Gasteiger partial charge in [0.2, 0.25) is 0 Å². The number of benzene rings is 2. The first-order chi connectivity index (χ1) is 13.4. The van der Waals surface area contributed by atoms with Gasteiger partial charge in [0.25, 0.3) is 5.56 Å². The van der Waals surface area contributed by atoms with E-state index in [0.29, 0.717) is 17.0 Å². The Morgan fingerprint density at radius 3 is 2.43 bits per heavy atom. The number of rotatable bonds is 5. The largest absolute Gasteiger partial charge is 0.505 e. The Bertz CT molecular complexity index is 1080. The van der Waals surface area contributed by atoms with Crippen LogP contribution < -0.4 is 15.7 Å². The smallest absolute Gasteiger partial charge is 0.292 e. The van der Waals surface area contributed by atoms with E-state index in [2.05, 4.69) is 15.6 Å². The highest BCUT2D eigenvalue weighted by Gasteiger charge is 2.11. The number of phenols is 1. The van der Waals surface area contributed by atoms with Gasteiger partial charge in [0.1, 0.15) is 16.5 Å². The summed E-state index contributed by atoms with van der Waals surface area (Å²) in [7, 11) is 1.55. The van der Waals surface area contributed by atoms with Gasteiger partial charge in [0, 0.05) is 0 Å². The molecule has 2 N–H and O–H groups in total. The molecule has 0 aliphatic rings. The number of nitrogens with zero attached hydrogens (tertiary/aromatic N) is 3. The molecule has 0 radical (unpaired) electrons. The zero-order valence-electron chi connectivity index (χ0n) is 14.4. The van der Waals surface area contributed by atoms with E-state index in [0.717, 1.165) is 4.68 Å². The Morgan fingerprint density at radius 2 is 1.82 bits per heavy atom. The zero-order valence-corrected chi connectivity index (χ0v) is 16.6. The summed E-state index contributed by atoms with van der Waals surface area (Å²) < 4.78 is 6.25. The maximum Gasteiger partial charge on any atom is 0.292 e. The molecule has 144 valence electrons. The third kappa shape index (κ3) is 4.22. The third-order valence-corrected chi connectivity index (χ3v) is 4.62. The van der Waals surface area contributed by atoms with E-state index in [9.17, 15) is 9.90 Å². The first-order valence-electron chi connectivity index (χ1n) is 7.80. The van der Waals surface area contributed by atoms with Gasteiger partial charge in [0.05, 0.1) is 35.3 Å². The number of hydrogen-bond donors (Lipinski definition) is 2. The van der Waals surface area contributed by atoms with Crippen molar-refractivity contribution in [3.05, 3.63) is 73.6 Å². The summed E-state index contributed by atoms with van der Waals surface area (Å²) in [5.74, 6) is 0.452. The quantitative estimate of drug-likeness (QED) is 0.456. The van der Waals surface area contributed by atoms with E-state index in [-0.39, 0.29) is 26.5 Å².